The SMILES string of the molecule is CCOCCCNC(=NCc1ccc(OC)cc1)NCCCN1CC(C)OC(C)C1. The minimum absolute atomic E-state index is 0.315. The fraction of sp³-hybridized carbons (Fsp3) is 0.696. The quantitative estimate of drug-likeness (QED) is 0.308. The first-order valence-electron chi connectivity index (χ1n) is 11.2. The molecule has 2 N–H and O–H groups in total. The third kappa shape index (κ3) is 9.78. The Morgan fingerprint density at radius 1 is 1.10 bits per heavy atom. The molecule has 1 aliphatic heterocycles. The summed E-state index contributed by atoms with van der Waals surface area (Å²) in [6.07, 6.45) is 2.66. The lowest BCUT2D eigenvalue weighted by Gasteiger charge is -2.35. The molecule has 2 atom stereocenters. The van der Waals surface area contributed by atoms with E-state index < -0.39 is 0 Å². The van der Waals surface area contributed by atoms with Gasteiger partial charge in [-0.1, -0.05) is 12.1 Å². The van der Waals surface area contributed by atoms with E-state index in [-0.39, 0.29) is 0 Å². The van der Waals surface area contributed by atoms with Crippen LogP contribution in [-0.4, -0.2) is 76.1 Å². The highest BCUT2D eigenvalue weighted by Crippen LogP contribution is 2.12. The molecular formula is C23H40N4O3. The summed E-state index contributed by atoms with van der Waals surface area (Å²) in [5.41, 5.74) is 1.16. The predicted molar refractivity (Wildman–Crippen MR) is 122 cm³/mol. The van der Waals surface area contributed by atoms with Gasteiger partial charge >= 0.3 is 0 Å². The maximum absolute atomic E-state index is 5.82. The molecule has 170 valence electrons. The minimum atomic E-state index is 0.315. The van der Waals surface area contributed by atoms with Crippen molar-refractivity contribution in [2.24, 2.45) is 4.99 Å². The summed E-state index contributed by atoms with van der Waals surface area (Å²) in [6, 6.07) is 8.04. The molecule has 7 heteroatoms. The molecule has 0 saturated carbocycles. The van der Waals surface area contributed by atoms with Crippen molar-refractivity contribution in [3.63, 3.8) is 0 Å². The molecule has 1 aromatic carbocycles. The standard InChI is InChI=1S/C23H40N4O3/c1-5-29-15-7-13-25-23(26-16-21-8-10-22(28-4)11-9-21)24-12-6-14-27-17-19(2)30-20(3)18-27/h8-11,19-20H,5-7,12-18H2,1-4H3,(H2,24,25,26). The molecule has 2 unspecified atom stereocenters. The van der Waals surface area contributed by atoms with Crippen LogP contribution in [0.4, 0.5) is 0 Å². The van der Waals surface area contributed by atoms with Crippen LogP contribution < -0.4 is 15.4 Å². The summed E-state index contributed by atoms with van der Waals surface area (Å²) in [6.45, 7) is 13.3. The van der Waals surface area contributed by atoms with E-state index in [0.717, 1.165) is 76.1 Å². The second kappa shape index (κ2) is 14.2. The van der Waals surface area contributed by atoms with Crippen molar-refractivity contribution in [3.8, 4) is 5.75 Å². The highest BCUT2D eigenvalue weighted by Gasteiger charge is 2.21. The molecule has 0 radical (unpaired) electrons. The molecule has 7 nitrogen and oxygen atoms in total. The zero-order valence-electron chi connectivity index (χ0n) is 19.2. The van der Waals surface area contributed by atoms with Crippen molar-refractivity contribution in [1.29, 1.82) is 0 Å². The van der Waals surface area contributed by atoms with Gasteiger partial charge in [-0.2, -0.15) is 0 Å². The van der Waals surface area contributed by atoms with Crippen molar-refractivity contribution in [1.82, 2.24) is 15.5 Å². The van der Waals surface area contributed by atoms with Gasteiger partial charge < -0.3 is 24.8 Å². The smallest absolute Gasteiger partial charge is 0.191 e. The van der Waals surface area contributed by atoms with Gasteiger partial charge in [0.15, 0.2) is 5.96 Å². The summed E-state index contributed by atoms with van der Waals surface area (Å²) < 4.78 is 16.5. The van der Waals surface area contributed by atoms with Crippen LogP contribution in [-0.2, 0) is 16.0 Å². The lowest BCUT2D eigenvalue weighted by Crippen LogP contribution is -2.46. The third-order valence-electron chi connectivity index (χ3n) is 4.98. The van der Waals surface area contributed by atoms with Gasteiger partial charge in [-0.15, -0.1) is 0 Å². The van der Waals surface area contributed by atoms with Crippen LogP contribution in [0.15, 0.2) is 29.3 Å². The number of methoxy groups -OCH3 is 1. The van der Waals surface area contributed by atoms with E-state index in [1.807, 2.05) is 19.1 Å². The molecule has 0 bridgehead atoms. The molecular weight excluding hydrogens is 380 g/mol. The molecule has 0 aliphatic carbocycles. The lowest BCUT2D eigenvalue weighted by molar-refractivity contribution is -0.0679. The molecule has 0 aromatic heterocycles. The zero-order chi connectivity index (χ0) is 21.6. The number of aliphatic imine (C=N–C) groups is 1. The molecule has 1 fully saturated rings. The van der Waals surface area contributed by atoms with Crippen LogP contribution in [0.3, 0.4) is 0 Å². The molecule has 0 amide bonds. The van der Waals surface area contributed by atoms with Crippen molar-refractivity contribution < 1.29 is 14.2 Å². The number of nitrogens with zero attached hydrogens (tertiary/aromatic N) is 2. The Labute approximate surface area is 182 Å². The third-order valence-corrected chi connectivity index (χ3v) is 4.98. The average molecular weight is 421 g/mol. The summed E-state index contributed by atoms with van der Waals surface area (Å²) >= 11 is 0. The van der Waals surface area contributed by atoms with Crippen LogP contribution in [0.5, 0.6) is 5.75 Å². The molecule has 1 aromatic rings. The van der Waals surface area contributed by atoms with Gasteiger partial charge in [0.05, 0.1) is 25.9 Å². The number of morpholine rings is 1. The van der Waals surface area contributed by atoms with Gasteiger partial charge in [0.25, 0.3) is 0 Å². The maximum atomic E-state index is 5.82. The maximum Gasteiger partial charge on any atom is 0.191 e. The normalized spacial score (nSPS) is 20.2. The fourth-order valence-corrected chi connectivity index (χ4v) is 3.58. The van der Waals surface area contributed by atoms with E-state index in [1.54, 1.807) is 7.11 Å². The van der Waals surface area contributed by atoms with Crippen LogP contribution in [0.2, 0.25) is 0 Å². The largest absolute Gasteiger partial charge is 0.497 e. The first-order chi connectivity index (χ1) is 14.6. The summed E-state index contributed by atoms with van der Waals surface area (Å²) in [4.78, 5) is 7.25. The lowest BCUT2D eigenvalue weighted by atomic mass is 10.2. The van der Waals surface area contributed by atoms with Gasteiger partial charge in [-0.05, 0) is 51.3 Å². The van der Waals surface area contributed by atoms with Crippen molar-refractivity contribution in [2.75, 3.05) is 53.0 Å². The number of nitrogens with one attached hydrogen (secondary N) is 2. The number of ether oxygens (including phenoxy) is 3. The van der Waals surface area contributed by atoms with Crippen LogP contribution in [0, 0.1) is 0 Å². The Balaban J connectivity index is 1.78. The molecule has 1 heterocycles. The van der Waals surface area contributed by atoms with E-state index in [0.29, 0.717) is 18.8 Å². The molecule has 1 saturated heterocycles. The summed E-state index contributed by atoms with van der Waals surface area (Å²) in [5.74, 6) is 1.72. The second-order valence-corrected chi connectivity index (χ2v) is 7.79. The van der Waals surface area contributed by atoms with Crippen molar-refractivity contribution >= 4 is 5.96 Å². The van der Waals surface area contributed by atoms with Crippen LogP contribution in [0.25, 0.3) is 0 Å². The number of benzene rings is 1. The number of rotatable bonds is 12. The van der Waals surface area contributed by atoms with Gasteiger partial charge in [-0.3, -0.25) is 4.90 Å². The zero-order valence-corrected chi connectivity index (χ0v) is 19.2. The Kier molecular flexibility index (Phi) is 11.6. The Morgan fingerprint density at radius 3 is 2.40 bits per heavy atom. The van der Waals surface area contributed by atoms with Crippen molar-refractivity contribution in [3.05, 3.63) is 29.8 Å². The Hall–Kier alpha value is -1.83. The highest BCUT2D eigenvalue weighted by molar-refractivity contribution is 5.79. The van der Waals surface area contributed by atoms with E-state index in [4.69, 9.17) is 19.2 Å². The first-order valence-corrected chi connectivity index (χ1v) is 11.2. The summed E-state index contributed by atoms with van der Waals surface area (Å²) in [5, 5.41) is 6.91. The first kappa shape index (κ1) is 24.4. The van der Waals surface area contributed by atoms with E-state index in [2.05, 4.69) is 41.5 Å². The van der Waals surface area contributed by atoms with E-state index in [1.165, 1.54) is 0 Å². The summed E-state index contributed by atoms with van der Waals surface area (Å²) in [7, 11) is 1.68. The number of hydrogen-bond donors (Lipinski definition) is 2. The second-order valence-electron chi connectivity index (χ2n) is 7.79. The Morgan fingerprint density at radius 2 is 1.77 bits per heavy atom. The average Bonchev–Trinajstić information content (AvgIpc) is 2.74. The van der Waals surface area contributed by atoms with E-state index in [9.17, 15) is 0 Å². The molecule has 1 aliphatic rings. The van der Waals surface area contributed by atoms with Crippen molar-refractivity contribution in [2.45, 2.75) is 52.4 Å². The number of hydrogen-bond acceptors (Lipinski definition) is 5. The Bertz CT molecular complexity index is 599. The minimum Gasteiger partial charge on any atom is -0.497 e. The predicted octanol–water partition coefficient (Wildman–Crippen LogP) is 2.66. The fourth-order valence-electron chi connectivity index (χ4n) is 3.58. The van der Waals surface area contributed by atoms with Crippen LogP contribution in [0.1, 0.15) is 39.2 Å². The topological polar surface area (TPSA) is 67.3 Å². The molecule has 2 rings (SSSR count). The van der Waals surface area contributed by atoms with Gasteiger partial charge in [0.1, 0.15) is 5.75 Å². The monoisotopic (exact) mass is 420 g/mol. The molecule has 30 heavy (non-hydrogen) atoms. The van der Waals surface area contributed by atoms with E-state index >= 15 is 0 Å². The van der Waals surface area contributed by atoms with Gasteiger partial charge in [-0.25, -0.2) is 4.99 Å². The highest BCUT2D eigenvalue weighted by atomic mass is 16.5. The molecule has 0 spiro atoms. The van der Waals surface area contributed by atoms with Crippen LogP contribution >= 0.6 is 0 Å². The number of guanidine groups is 1. The van der Waals surface area contributed by atoms with Gasteiger partial charge in [0.2, 0.25) is 0 Å². The van der Waals surface area contributed by atoms with Gasteiger partial charge in [0, 0.05) is 45.9 Å².